The number of imidazole rings is 1. The molecule has 5 rings (SSSR count). The van der Waals surface area contributed by atoms with Gasteiger partial charge < -0.3 is 19.4 Å². The highest BCUT2D eigenvalue weighted by atomic mass is 19.1. The average Bonchev–Trinajstić information content (AvgIpc) is 3.29. The summed E-state index contributed by atoms with van der Waals surface area (Å²) in [7, 11) is 0. The minimum Gasteiger partial charge on any atom is -0.457 e. The van der Waals surface area contributed by atoms with Gasteiger partial charge in [-0.2, -0.15) is 0 Å². The van der Waals surface area contributed by atoms with E-state index in [1.54, 1.807) is 18.3 Å². The number of likely N-dealkylation sites (tertiary alicyclic amines) is 1. The molecule has 4 aromatic rings. The number of ether oxygens (including phenoxy) is 1. The first-order valence-corrected chi connectivity index (χ1v) is 11.1. The van der Waals surface area contributed by atoms with Crippen molar-refractivity contribution in [2.24, 2.45) is 5.92 Å². The number of hydrogen-bond acceptors (Lipinski definition) is 3. The maximum Gasteiger partial charge on any atom is 0.321 e. The number of anilines is 1. The van der Waals surface area contributed by atoms with Gasteiger partial charge in [0.2, 0.25) is 0 Å². The van der Waals surface area contributed by atoms with Gasteiger partial charge >= 0.3 is 6.03 Å². The lowest BCUT2D eigenvalue weighted by Gasteiger charge is -2.33. The normalized spacial score (nSPS) is 16.0. The van der Waals surface area contributed by atoms with Gasteiger partial charge in [-0.3, -0.25) is 0 Å². The van der Waals surface area contributed by atoms with Crippen LogP contribution in [0.25, 0.3) is 5.65 Å². The molecule has 1 aliphatic rings. The van der Waals surface area contributed by atoms with E-state index in [4.69, 9.17) is 4.74 Å². The van der Waals surface area contributed by atoms with Gasteiger partial charge in [-0.1, -0.05) is 12.1 Å². The Morgan fingerprint density at radius 1 is 1.09 bits per heavy atom. The molecule has 0 aliphatic carbocycles. The van der Waals surface area contributed by atoms with Gasteiger partial charge in [0.15, 0.2) is 0 Å². The van der Waals surface area contributed by atoms with E-state index in [2.05, 4.69) is 16.4 Å². The molecule has 0 radical (unpaired) electrons. The van der Waals surface area contributed by atoms with Crippen molar-refractivity contribution in [3.8, 4) is 11.5 Å². The van der Waals surface area contributed by atoms with Gasteiger partial charge in [-0.05, 0) is 73.2 Å². The van der Waals surface area contributed by atoms with E-state index in [1.807, 2.05) is 52.0 Å². The molecule has 1 aliphatic heterocycles. The number of benzene rings is 2. The van der Waals surface area contributed by atoms with Gasteiger partial charge in [0.1, 0.15) is 23.0 Å². The smallest absolute Gasteiger partial charge is 0.321 e. The van der Waals surface area contributed by atoms with E-state index < -0.39 is 0 Å². The second-order valence-corrected chi connectivity index (χ2v) is 8.40. The molecule has 1 atom stereocenters. The summed E-state index contributed by atoms with van der Waals surface area (Å²) in [5, 5.41) is 3.01. The Hall–Kier alpha value is -3.87. The van der Waals surface area contributed by atoms with Crippen LogP contribution >= 0.6 is 0 Å². The number of carbonyl (C=O) groups excluding carboxylic acids is 1. The van der Waals surface area contributed by atoms with Crippen molar-refractivity contribution in [3.05, 3.63) is 90.6 Å². The maximum absolute atomic E-state index is 13.1. The molecule has 1 saturated heterocycles. The second-order valence-electron chi connectivity index (χ2n) is 8.40. The third kappa shape index (κ3) is 5.14. The number of pyridine rings is 1. The number of nitrogens with one attached hydrogen (secondary N) is 1. The van der Waals surface area contributed by atoms with Gasteiger partial charge in [0, 0.05) is 43.4 Å². The van der Waals surface area contributed by atoms with Crippen molar-refractivity contribution in [1.29, 1.82) is 0 Å². The largest absolute Gasteiger partial charge is 0.457 e. The number of halogens is 1. The van der Waals surface area contributed by atoms with Crippen LogP contribution in [0.2, 0.25) is 0 Å². The van der Waals surface area contributed by atoms with Crippen molar-refractivity contribution >= 4 is 17.4 Å². The monoisotopic (exact) mass is 444 g/mol. The van der Waals surface area contributed by atoms with Gasteiger partial charge in [0.05, 0.1) is 0 Å². The Labute approximate surface area is 191 Å². The molecule has 1 N–H and O–H groups in total. The van der Waals surface area contributed by atoms with Crippen molar-refractivity contribution in [1.82, 2.24) is 14.3 Å². The number of carbonyl (C=O) groups is 1. The highest BCUT2D eigenvalue weighted by Gasteiger charge is 2.24. The summed E-state index contributed by atoms with van der Waals surface area (Å²) >= 11 is 0. The fraction of sp³-hybridized carbons (Fsp3) is 0.231. The fourth-order valence-electron chi connectivity index (χ4n) is 4.31. The molecule has 0 spiro atoms. The average molecular weight is 445 g/mol. The van der Waals surface area contributed by atoms with Crippen LogP contribution in [0.4, 0.5) is 14.9 Å². The Morgan fingerprint density at radius 2 is 1.97 bits per heavy atom. The Kier molecular flexibility index (Phi) is 5.93. The third-order valence-electron chi connectivity index (χ3n) is 5.93. The molecule has 2 aromatic heterocycles. The minimum atomic E-state index is -0.288. The number of hydrogen-bond donors (Lipinski definition) is 1. The molecular weight excluding hydrogens is 419 g/mol. The Balaban J connectivity index is 1.20. The predicted octanol–water partition coefficient (Wildman–Crippen LogP) is 5.75. The number of amides is 2. The molecule has 0 saturated carbocycles. The summed E-state index contributed by atoms with van der Waals surface area (Å²) in [6.45, 7) is 1.46. The lowest BCUT2D eigenvalue weighted by molar-refractivity contribution is 0.177. The Bertz CT molecular complexity index is 1250. The van der Waals surface area contributed by atoms with Crippen LogP contribution in [-0.4, -0.2) is 33.4 Å². The van der Waals surface area contributed by atoms with Gasteiger partial charge in [-0.15, -0.1) is 0 Å². The van der Waals surface area contributed by atoms with E-state index in [9.17, 15) is 9.18 Å². The highest BCUT2D eigenvalue weighted by molar-refractivity contribution is 5.89. The molecule has 1 unspecified atom stereocenters. The summed E-state index contributed by atoms with van der Waals surface area (Å²) in [5.74, 6) is 1.41. The van der Waals surface area contributed by atoms with E-state index in [0.717, 1.165) is 48.5 Å². The van der Waals surface area contributed by atoms with E-state index in [-0.39, 0.29) is 11.8 Å². The van der Waals surface area contributed by atoms with Crippen molar-refractivity contribution in [2.75, 3.05) is 18.4 Å². The third-order valence-corrected chi connectivity index (χ3v) is 5.93. The number of nitrogens with zero attached hydrogens (tertiary/aromatic N) is 3. The quantitative estimate of drug-likeness (QED) is 0.426. The van der Waals surface area contributed by atoms with Crippen molar-refractivity contribution in [3.63, 3.8) is 0 Å². The van der Waals surface area contributed by atoms with Gasteiger partial charge in [-0.25, -0.2) is 14.2 Å². The van der Waals surface area contributed by atoms with Crippen molar-refractivity contribution < 1.29 is 13.9 Å². The first-order chi connectivity index (χ1) is 16.1. The highest BCUT2D eigenvalue weighted by Crippen LogP contribution is 2.26. The van der Waals surface area contributed by atoms with Crippen LogP contribution in [0.5, 0.6) is 11.5 Å². The van der Waals surface area contributed by atoms with Crippen LogP contribution in [0.3, 0.4) is 0 Å². The summed E-state index contributed by atoms with van der Waals surface area (Å²) in [6.07, 6.45) is 8.41. The molecule has 3 heterocycles. The molecule has 7 heteroatoms. The number of rotatable bonds is 5. The molecule has 2 amide bonds. The van der Waals surface area contributed by atoms with E-state index >= 15 is 0 Å². The van der Waals surface area contributed by atoms with Crippen LogP contribution in [0.15, 0.2) is 79.3 Å². The zero-order chi connectivity index (χ0) is 22.6. The van der Waals surface area contributed by atoms with Gasteiger partial charge in [0.25, 0.3) is 0 Å². The second kappa shape index (κ2) is 9.32. The fourth-order valence-corrected chi connectivity index (χ4v) is 4.31. The lowest BCUT2D eigenvalue weighted by atomic mass is 9.91. The van der Waals surface area contributed by atoms with Crippen LogP contribution in [-0.2, 0) is 6.42 Å². The lowest BCUT2D eigenvalue weighted by Crippen LogP contribution is -2.42. The van der Waals surface area contributed by atoms with E-state index in [0.29, 0.717) is 18.2 Å². The summed E-state index contributed by atoms with van der Waals surface area (Å²) in [6, 6.07) is 17.6. The zero-order valence-corrected chi connectivity index (χ0v) is 18.2. The SMILES string of the molecule is O=C(Nc1ccn2ccnc2c1)N1CCCC(Cc2cccc(Oc3ccc(F)cc3)c2)C1. The molecule has 168 valence electrons. The number of aromatic nitrogens is 2. The molecule has 0 bridgehead atoms. The summed E-state index contributed by atoms with van der Waals surface area (Å²) in [4.78, 5) is 19.0. The standard InChI is InChI=1S/C26H25FN4O2/c27-21-6-8-23(9-7-21)33-24-5-1-3-19(16-24)15-20-4-2-12-31(18-20)26(32)29-22-10-13-30-14-11-28-25(30)17-22/h1,3,5-11,13-14,16-17,20H,2,4,12,15,18H2,(H,29,32). The predicted molar refractivity (Wildman–Crippen MR) is 125 cm³/mol. The first-order valence-electron chi connectivity index (χ1n) is 11.1. The van der Waals surface area contributed by atoms with Crippen LogP contribution in [0, 0.1) is 11.7 Å². The topological polar surface area (TPSA) is 58.9 Å². The molecule has 33 heavy (non-hydrogen) atoms. The maximum atomic E-state index is 13.1. The molecule has 1 fully saturated rings. The van der Waals surface area contributed by atoms with E-state index in [1.165, 1.54) is 12.1 Å². The number of fused-ring (bicyclic) bond motifs is 1. The molecular formula is C26H25FN4O2. The number of piperidine rings is 1. The zero-order valence-electron chi connectivity index (χ0n) is 18.2. The molecule has 2 aromatic carbocycles. The first kappa shape index (κ1) is 21.0. The minimum absolute atomic E-state index is 0.0796. The van der Waals surface area contributed by atoms with Crippen molar-refractivity contribution in [2.45, 2.75) is 19.3 Å². The Morgan fingerprint density at radius 3 is 2.85 bits per heavy atom. The van der Waals surface area contributed by atoms with Crippen LogP contribution < -0.4 is 10.1 Å². The summed E-state index contributed by atoms with van der Waals surface area (Å²) in [5.41, 5.74) is 2.70. The number of urea groups is 1. The van der Waals surface area contributed by atoms with Crippen LogP contribution in [0.1, 0.15) is 18.4 Å². The molecule has 6 nitrogen and oxygen atoms in total. The summed E-state index contributed by atoms with van der Waals surface area (Å²) < 4.78 is 20.9.